The number of hydrogen-bond acceptors (Lipinski definition) is 4. The van der Waals surface area contributed by atoms with Gasteiger partial charge in [-0.25, -0.2) is 0 Å². The maximum Gasteiger partial charge on any atom is 0.232 e. The molecule has 0 aromatic heterocycles. The number of nitrogens with zero attached hydrogens (tertiary/aromatic N) is 1. The van der Waals surface area contributed by atoms with Gasteiger partial charge in [-0.15, -0.1) is 0 Å². The number of carbonyl (C=O) groups excluding carboxylic acids is 2. The quantitative estimate of drug-likeness (QED) is 0.532. The van der Waals surface area contributed by atoms with Crippen LogP contribution >= 0.6 is 23.2 Å². The van der Waals surface area contributed by atoms with Gasteiger partial charge in [0.1, 0.15) is 11.5 Å². The first-order chi connectivity index (χ1) is 15.1. The highest BCUT2D eigenvalue weighted by atomic mass is 35.5. The Labute approximate surface area is 197 Å². The fourth-order valence-corrected chi connectivity index (χ4v) is 5.13. The summed E-state index contributed by atoms with van der Waals surface area (Å²) in [7, 11) is 3.12. The molecule has 2 aromatic carbocycles. The zero-order chi connectivity index (χ0) is 23.2. The van der Waals surface area contributed by atoms with E-state index in [1.54, 1.807) is 49.5 Å². The lowest BCUT2D eigenvalue weighted by Gasteiger charge is -2.43. The van der Waals surface area contributed by atoms with E-state index >= 15 is 0 Å². The van der Waals surface area contributed by atoms with Crippen molar-refractivity contribution in [1.29, 1.82) is 0 Å². The number of hydrogen-bond donors (Lipinski definition) is 0. The van der Waals surface area contributed by atoms with E-state index in [1.165, 1.54) is 0 Å². The molecule has 2 aromatic rings. The number of allylic oxidation sites excluding steroid dienone is 2. The minimum atomic E-state index is -0.434. The van der Waals surface area contributed by atoms with Crippen LogP contribution in [-0.4, -0.2) is 25.9 Å². The fourth-order valence-electron chi connectivity index (χ4n) is 4.69. The zero-order valence-electron chi connectivity index (χ0n) is 18.5. The van der Waals surface area contributed by atoms with Crippen molar-refractivity contribution in [2.24, 2.45) is 5.41 Å². The van der Waals surface area contributed by atoms with Crippen molar-refractivity contribution in [2.75, 3.05) is 19.1 Å². The Morgan fingerprint density at radius 1 is 1.00 bits per heavy atom. The third-order valence-electron chi connectivity index (χ3n) is 6.09. The molecule has 168 valence electrons. The second-order valence-corrected chi connectivity index (χ2v) is 9.79. The Bertz CT molecular complexity index is 1120. The summed E-state index contributed by atoms with van der Waals surface area (Å²) in [6.45, 7) is 4.08. The molecule has 0 N–H and O–H groups in total. The van der Waals surface area contributed by atoms with Crippen molar-refractivity contribution in [3.63, 3.8) is 0 Å². The lowest BCUT2D eigenvalue weighted by Crippen LogP contribution is -2.43. The molecule has 1 heterocycles. The van der Waals surface area contributed by atoms with Gasteiger partial charge >= 0.3 is 0 Å². The number of halogens is 2. The van der Waals surface area contributed by atoms with Crippen LogP contribution in [0.5, 0.6) is 11.5 Å². The van der Waals surface area contributed by atoms with E-state index in [4.69, 9.17) is 32.7 Å². The van der Waals surface area contributed by atoms with E-state index in [0.29, 0.717) is 56.9 Å². The summed E-state index contributed by atoms with van der Waals surface area (Å²) < 4.78 is 10.8. The van der Waals surface area contributed by atoms with Crippen LogP contribution in [0.3, 0.4) is 0 Å². The molecule has 2 aliphatic rings. The molecule has 1 aliphatic heterocycles. The molecule has 0 spiro atoms. The summed E-state index contributed by atoms with van der Waals surface area (Å²) in [5, 5.41) is 0.787. The molecule has 0 saturated carbocycles. The summed E-state index contributed by atoms with van der Waals surface area (Å²) in [5.74, 6) is 0.609. The molecule has 32 heavy (non-hydrogen) atoms. The number of benzene rings is 2. The van der Waals surface area contributed by atoms with Crippen molar-refractivity contribution >= 4 is 40.6 Å². The van der Waals surface area contributed by atoms with E-state index < -0.39 is 5.92 Å². The van der Waals surface area contributed by atoms with Crippen LogP contribution in [0.2, 0.25) is 10.0 Å². The van der Waals surface area contributed by atoms with E-state index in [1.807, 2.05) is 19.9 Å². The normalized spacial score (nSPS) is 20.3. The highest BCUT2D eigenvalue weighted by Crippen LogP contribution is 2.50. The van der Waals surface area contributed by atoms with Gasteiger partial charge < -0.3 is 9.47 Å². The first-order valence-electron chi connectivity index (χ1n) is 10.4. The zero-order valence-corrected chi connectivity index (χ0v) is 20.0. The molecule has 1 atom stereocenters. The first-order valence-corrected chi connectivity index (χ1v) is 11.2. The third-order valence-corrected chi connectivity index (χ3v) is 6.93. The second-order valence-electron chi connectivity index (χ2n) is 9.00. The van der Waals surface area contributed by atoms with Gasteiger partial charge in [-0.3, -0.25) is 14.5 Å². The van der Waals surface area contributed by atoms with Gasteiger partial charge in [0.2, 0.25) is 5.91 Å². The van der Waals surface area contributed by atoms with Crippen LogP contribution in [-0.2, 0) is 9.59 Å². The number of rotatable bonds is 4. The first kappa shape index (κ1) is 22.7. The van der Waals surface area contributed by atoms with Crippen LogP contribution < -0.4 is 14.4 Å². The highest BCUT2D eigenvalue weighted by molar-refractivity contribution is 6.42. The lowest BCUT2D eigenvalue weighted by atomic mass is 9.69. The minimum Gasteiger partial charge on any atom is -0.497 e. The van der Waals surface area contributed by atoms with Crippen molar-refractivity contribution in [3.05, 3.63) is 63.3 Å². The largest absolute Gasteiger partial charge is 0.497 e. The fraction of sp³-hybridized carbons (Fsp3) is 0.360. The predicted octanol–water partition coefficient (Wildman–Crippen LogP) is 6.17. The van der Waals surface area contributed by atoms with Gasteiger partial charge in [-0.1, -0.05) is 49.2 Å². The Morgan fingerprint density at radius 2 is 1.66 bits per heavy atom. The Kier molecular flexibility index (Phi) is 5.99. The number of amides is 1. The van der Waals surface area contributed by atoms with Gasteiger partial charge in [0.25, 0.3) is 0 Å². The average Bonchev–Trinajstić information content (AvgIpc) is 2.73. The summed E-state index contributed by atoms with van der Waals surface area (Å²) >= 11 is 12.8. The average molecular weight is 474 g/mol. The van der Waals surface area contributed by atoms with E-state index in [0.717, 1.165) is 0 Å². The Balaban J connectivity index is 1.94. The molecular weight excluding hydrogens is 449 g/mol. The maximum atomic E-state index is 13.6. The SMILES string of the molecule is COc1cc(OC)cc(N2C(=O)CC(c3cccc(Cl)c3Cl)C3=C2CC(C)(C)CC3=O)c1. The van der Waals surface area contributed by atoms with E-state index in [9.17, 15) is 9.59 Å². The second kappa shape index (κ2) is 8.45. The van der Waals surface area contributed by atoms with Gasteiger partial charge in [0.15, 0.2) is 5.78 Å². The number of ether oxygens (including phenoxy) is 2. The number of ketones is 1. The molecule has 4 rings (SSSR count). The van der Waals surface area contributed by atoms with Crippen molar-refractivity contribution < 1.29 is 19.1 Å². The summed E-state index contributed by atoms with van der Waals surface area (Å²) in [5.41, 5.74) is 2.38. The van der Waals surface area contributed by atoms with E-state index in [2.05, 4.69) is 0 Å². The van der Waals surface area contributed by atoms with Gasteiger partial charge in [-0.05, 0) is 23.5 Å². The molecule has 0 bridgehead atoms. The van der Waals surface area contributed by atoms with Crippen molar-refractivity contribution in [1.82, 2.24) is 0 Å². The van der Waals surface area contributed by atoms with E-state index in [-0.39, 0.29) is 23.5 Å². The summed E-state index contributed by atoms with van der Waals surface area (Å²) in [6, 6.07) is 10.7. The number of Topliss-reactive ketones (excluding diaryl/α,β-unsaturated/α-hetero) is 1. The number of methoxy groups -OCH3 is 2. The predicted molar refractivity (Wildman–Crippen MR) is 126 cm³/mol. The molecule has 1 amide bonds. The molecule has 1 aliphatic carbocycles. The van der Waals surface area contributed by atoms with Crippen LogP contribution in [0, 0.1) is 5.41 Å². The van der Waals surface area contributed by atoms with Gasteiger partial charge in [-0.2, -0.15) is 0 Å². The van der Waals surface area contributed by atoms with Crippen molar-refractivity contribution in [2.45, 2.75) is 39.0 Å². The number of anilines is 1. The third kappa shape index (κ3) is 4.00. The van der Waals surface area contributed by atoms with Gasteiger partial charge in [0, 0.05) is 48.2 Å². The van der Waals surface area contributed by atoms with Crippen LogP contribution in [0.4, 0.5) is 5.69 Å². The molecule has 0 fully saturated rings. The van der Waals surface area contributed by atoms with Gasteiger partial charge in [0.05, 0.1) is 30.0 Å². The molecule has 1 unspecified atom stereocenters. The van der Waals surface area contributed by atoms with Crippen LogP contribution in [0.25, 0.3) is 0 Å². The molecule has 5 nitrogen and oxygen atoms in total. The Morgan fingerprint density at radius 3 is 2.28 bits per heavy atom. The topological polar surface area (TPSA) is 55.8 Å². The monoisotopic (exact) mass is 473 g/mol. The lowest BCUT2D eigenvalue weighted by molar-refractivity contribution is -0.121. The molecule has 0 saturated heterocycles. The molecule has 7 heteroatoms. The Hall–Kier alpha value is -2.50. The minimum absolute atomic E-state index is 0.0321. The summed E-state index contributed by atoms with van der Waals surface area (Å²) in [4.78, 5) is 28.6. The number of carbonyl (C=O) groups is 2. The van der Waals surface area contributed by atoms with Crippen molar-refractivity contribution in [3.8, 4) is 11.5 Å². The maximum absolute atomic E-state index is 13.6. The standard InChI is InChI=1S/C25H25Cl2NO4/c1-25(2)12-20-23(21(29)13-25)18(17-6-5-7-19(26)24(17)27)11-22(30)28(20)14-8-15(31-3)10-16(9-14)32-4/h5-10,18H,11-13H2,1-4H3. The summed E-state index contributed by atoms with van der Waals surface area (Å²) in [6.07, 6.45) is 1.10. The molecular formula is C25H25Cl2NO4. The smallest absolute Gasteiger partial charge is 0.232 e. The van der Waals surface area contributed by atoms with Crippen LogP contribution in [0.15, 0.2) is 47.7 Å². The van der Waals surface area contributed by atoms with Crippen LogP contribution in [0.1, 0.15) is 44.6 Å². The highest BCUT2D eigenvalue weighted by Gasteiger charge is 2.45. The molecule has 0 radical (unpaired) electrons.